The molecule has 9 heavy (non-hydrogen) atoms. The quantitative estimate of drug-likeness (QED) is 0.425. The van der Waals surface area contributed by atoms with Gasteiger partial charge in [0.15, 0.2) is 0 Å². The van der Waals surface area contributed by atoms with Gasteiger partial charge in [-0.25, -0.2) is 0 Å². The Morgan fingerprint density at radius 3 is 1.22 bits per heavy atom. The van der Waals surface area contributed by atoms with E-state index in [1.165, 1.54) is 0 Å². The number of hydrogen-bond acceptors (Lipinski definition) is 5. The number of hydrogen-bond donors (Lipinski definition) is 0. The topological polar surface area (TPSA) is 101 Å². The van der Waals surface area contributed by atoms with Crippen molar-refractivity contribution in [1.82, 2.24) is 0 Å². The van der Waals surface area contributed by atoms with Gasteiger partial charge in [-0.1, -0.05) is 0 Å². The van der Waals surface area contributed by atoms with E-state index in [0.717, 1.165) is 0 Å². The van der Waals surface area contributed by atoms with Crippen LogP contribution < -0.4 is 99.6 Å². The van der Waals surface area contributed by atoms with Crippen molar-refractivity contribution in [2.24, 2.45) is 0 Å². The fraction of sp³-hybridized carbons (Fsp3) is 0. The van der Waals surface area contributed by atoms with Crippen LogP contribution in [0.5, 0.6) is 0 Å². The summed E-state index contributed by atoms with van der Waals surface area (Å²) in [5.74, 6) is 0. The average molecular weight is 215 g/mol. The zero-order valence-corrected chi connectivity index (χ0v) is 11.4. The van der Waals surface area contributed by atoms with Gasteiger partial charge in [0.2, 0.25) is 0 Å². The minimum Gasteiger partial charge on any atom is -1.00 e. The molecule has 48 valence electrons. The van der Waals surface area contributed by atoms with Gasteiger partial charge in [0.1, 0.15) is 0 Å². The maximum Gasteiger partial charge on any atom is 1.00 e. The molecule has 0 heterocycles. The molecule has 0 fully saturated rings. The molecule has 0 amide bonds. The first-order valence-electron chi connectivity index (χ1n) is 0.926. The van der Waals surface area contributed by atoms with E-state index < -0.39 is 21.6 Å². The van der Waals surface area contributed by atoms with Crippen LogP contribution in [0.1, 0.15) is 2.85 Å². The van der Waals surface area contributed by atoms with Crippen molar-refractivity contribution in [2.75, 3.05) is 0 Å². The van der Waals surface area contributed by atoms with E-state index in [-0.39, 0.29) is 83.8 Å². The molecular formula is H2Cl2KNaO5. The third-order valence-corrected chi connectivity index (χ3v) is 0.857. The Labute approximate surface area is 125 Å². The van der Waals surface area contributed by atoms with E-state index in [1.54, 1.807) is 0 Å². The SMILES string of the molecule is [H-].[H-].[K+].[Na+].[O-][Cl+2]([O-])O[Cl+2]([O-])[O-]. The molecule has 0 radical (unpaired) electrons. The molecule has 0 bridgehead atoms. The van der Waals surface area contributed by atoms with Crippen molar-refractivity contribution in [3.63, 3.8) is 0 Å². The molecule has 0 spiro atoms. The van der Waals surface area contributed by atoms with Crippen LogP contribution in [0.15, 0.2) is 0 Å². The normalized spacial score (nSPS) is 8.67. The Bertz CT molecular complexity index is 51.7. The summed E-state index contributed by atoms with van der Waals surface area (Å²) in [4.78, 5) is 0. The van der Waals surface area contributed by atoms with E-state index >= 15 is 0 Å². The van der Waals surface area contributed by atoms with Crippen molar-refractivity contribution in [3.8, 4) is 0 Å². The Hall–Kier alpha value is 3.02. The van der Waals surface area contributed by atoms with E-state index in [9.17, 15) is 0 Å². The van der Waals surface area contributed by atoms with Gasteiger partial charge in [0, 0.05) is 0 Å². The van der Waals surface area contributed by atoms with Crippen LogP contribution in [0.4, 0.5) is 0 Å². The fourth-order valence-corrected chi connectivity index (χ4v) is 0.350. The van der Waals surface area contributed by atoms with Crippen LogP contribution >= 0.6 is 0 Å². The van der Waals surface area contributed by atoms with Gasteiger partial charge in [-0.05, 0) is 0 Å². The summed E-state index contributed by atoms with van der Waals surface area (Å²) in [6, 6.07) is 0. The van der Waals surface area contributed by atoms with E-state index in [0.29, 0.717) is 0 Å². The molecule has 5 nitrogen and oxygen atoms in total. The second kappa shape index (κ2) is 11.0. The molecule has 0 rings (SSSR count). The van der Waals surface area contributed by atoms with Gasteiger partial charge in [-0.2, -0.15) is 0 Å². The Morgan fingerprint density at radius 2 is 1.22 bits per heavy atom. The smallest absolute Gasteiger partial charge is 1.00 e. The van der Waals surface area contributed by atoms with E-state index in [2.05, 4.69) is 3.84 Å². The van der Waals surface area contributed by atoms with Gasteiger partial charge in [-0.15, -0.1) is 0 Å². The molecule has 0 aliphatic rings. The van der Waals surface area contributed by atoms with Crippen LogP contribution in [0.2, 0.25) is 0 Å². The molecule has 0 aromatic rings. The first-order valence-corrected chi connectivity index (χ1v) is 2.78. The minimum atomic E-state index is -2.68. The number of halogens is 2. The van der Waals surface area contributed by atoms with Crippen LogP contribution in [-0.4, -0.2) is 0 Å². The zero-order chi connectivity index (χ0) is 5.86. The summed E-state index contributed by atoms with van der Waals surface area (Å²) in [5, 5.41) is 0. The summed E-state index contributed by atoms with van der Waals surface area (Å²) in [6.45, 7) is 0. The molecule has 0 unspecified atom stereocenters. The monoisotopic (exact) mass is 214 g/mol. The molecule has 0 atom stereocenters. The van der Waals surface area contributed by atoms with Crippen LogP contribution in [0.25, 0.3) is 0 Å². The molecule has 0 aromatic heterocycles. The summed E-state index contributed by atoms with van der Waals surface area (Å²) < 4.78 is 39.6. The average Bonchev–Trinajstić information content (AvgIpc) is 1.27. The van der Waals surface area contributed by atoms with Gasteiger partial charge < -0.3 is 21.5 Å². The predicted octanol–water partition coefficient (Wildman–Crippen LogP) is -10.6. The van der Waals surface area contributed by atoms with Crippen molar-refractivity contribution < 1.29 is 128 Å². The van der Waals surface area contributed by atoms with Gasteiger partial charge >= 0.3 is 106 Å². The predicted molar refractivity (Wildman–Crippen MR) is 3.31 cm³/mol. The third kappa shape index (κ3) is 18.2. The third-order valence-electron chi connectivity index (χ3n) is 0.0952. The zero-order valence-electron chi connectivity index (χ0n) is 6.80. The second-order valence-electron chi connectivity index (χ2n) is 0.436. The van der Waals surface area contributed by atoms with E-state index in [1.807, 2.05) is 0 Å². The van der Waals surface area contributed by atoms with Gasteiger partial charge in [0.25, 0.3) is 0 Å². The maximum atomic E-state index is 9.15. The van der Waals surface area contributed by atoms with Crippen molar-refractivity contribution in [2.45, 2.75) is 0 Å². The largest absolute Gasteiger partial charge is 1.00 e. The van der Waals surface area contributed by atoms with E-state index in [4.69, 9.17) is 18.6 Å². The van der Waals surface area contributed by atoms with Crippen LogP contribution in [-0.2, 0) is 3.84 Å². The van der Waals surface area contributed by atoms with Gasteiger partial charge in [0.05, 0.1) is 0 Å². The molecule has 0 aliphatic heterocycles. The molecule has 0 aromatic carbocycles. The summed E-state index contributed by atoms with van der Waals surface area (Å²) in [5.41, 5.74) is 0. The molecule has 0 aliphatic carbocycles. The molecule has 0 saturated heterocycles. The number of rotatable bonds is 2. The Balaban J connectivity index is -0.0000000300. The summed E-state index contributed by atoms with van der Waals surface area (Å²) in [6.07, 6.45) is 0. The van der Waals surface area contributed by atoms with Gasteiger partial charge in [-0.3, -0.25) is 0 Å². The molecule has 0 N–H and O–H groups in total. The fourth-order valence-electron chi connectivity index (χ4n) is 0.0389. The first-order chi connectivity index (χ1) is 3.13. The van der Waals surface area contributed by atoms with Crippen LogP contribution in [0, 0.1) is 21.6 Å². The summed E-state index contributed by atoms with van der Waals surface area (Å²) >= 11 is 0. The van der Waals surface area contributed by atoms with Crippen LogP contribution in [0.3, 0.4) is 0 Å². The Kier molecular flexibility index (Phi) is 22.0. The van der Waals surface area contributed by atoms with Crippen molar-refractivity contribution >= 4 is 0 Å². The second-order valence-corrected chi connectivity index (χ2v) is 1.66. The standard InChI is InChI=1S/Cl2O5.K.Na.2H/c3-1(4)7-2(5)6;;;;/q;2*+1;2*-1. The van der Waals surface area contributed by atoms with Crippen molar-refractivity contribution in [1.29, 1.82) is 0 Å². The van der Waals surface area contributed by atoms with Crippen molar-refractivity contribution in [3.05, 3.63) is 0 Å². The first kappa shape index (κ1) is 17.9. The summed E-state index contributed by atoms with van der Waals surface area (Å²) in [7, 11) is -5.36. The minimum absolute atomic E-state index is 0. The molecule has 9 heteroatoms. The molecular weight excluding hydrogens is 213 g/mol. The Morgan fingerprint density at radius 1 is 1.00 bits per heavy atom. The molecule has 0 saturated carbocycles. The maximum absolute atomic E-state index is 9.15.